The monoisotopic (exact) mass is 257 g/mol. The van der Waals surface area contributed by atoms with Gasteiger partial charge in [0.15, 0.2) is 0 Å². The zero-order chi connectivity index (χ0) is 13.5. The Morgan fingerprint density at radius 1 is 1.22 bits per heavy atom. The topological polar surface area (TPSA) is 75.9 Å². The molecule has 2 amide bonds. The lowest BCUT2D eigenvalue weighted by molar-refractivity contribution is -0.133. The summed E-state index contributed by atoms with van der Waals surface area (Å²) >= 11 is 0. The predicted octanol–water partition coefficient (Wildman–Crippen LogP) is 0.272. The minimum atomic E-state index is -0.321. The Bertz CT molecular complexity index is 288. The molecule has 2 N–H and O–H groups in total. The van der Waals surface area contributed by atoms with E-state index in [0.717, 1.165) is 6.42 Å². The van der Waals surface area contributed by atoms with Crippen molar-refractivity contribution in [3.63, 3.8) is 0 Å². The average Bonchev–Trinajstić information content (AvgIpc) is 2.43. The summed E-state index contributed by atoms with van der Waals surface area (Å²) in [5.41, 5.74) is 5.52. The second-order valence-corrected chi connectivity index (χ2v) is 4.72. The predicted molar refractivity (Wildman–Crippen MR) is 68.0 cm³/mol. The van der Waals surface area contributed by atoms with Crippen LogP contribution in [-0.4, -0.2) is 61.6 Å². The van der Waals surface area contributed by atoms with Crippen LogP contribution in [0.25, 0.3) is 0 Å². The number of carbonyl (C=O) groups is 2. The molecule has 1 rings (SSSR count). The quantitative estimate of drug-likeness (QED) is 0.784. The molecule has 18 heavy (non-hydrogen) atoms. The number of ether oxygens (including phenoxy) is 1. The lowest BCUT2D eigenvalue weighted by atomic mass is 10.1. The fraction of sp³-hybridized carbons (Fsp3) is 0.833. The maximum Gasteiger partial charge on any atom is 0.409 e. The molecule has 1 atom stereocenters. The minimum Gasteiger partial charge on any atom is -0.453 e. The van der Waals surface area contributed by atoms with Crippen molar-refractivity contribution in [3.8, 4) is 0 Å². The van der Waals surface area contributed by atoms with Crippen molar-refractivity contribution in [2.45, 2.75) is 19.8 Å². The Morgan fingerprint density at radius 2 is 1.78 bits per heavy atom. The summed E-state index contributed by atoms with van der Waals surface area (Å²) in [7, 11) is 1.37. The van der Waals surface area contributed by atoms with Crippen molar-refractivity contribution in [1.29, 1.82) is 0 Å². The van der Waals surface area contributed by atoms with Gasteiger partial charge in [0.1, 0.15) is 0 Å². The highest BCUT2D eigenvalue weighted by molar-refractivity contribution is 5.76. The number of hydrogen-bond donors (Lipinski definition) is 1. The van der Waals surface area contributed by atoms with Crippen molar-refractivity contribution in [2.75, 3.05) is 39.8 Å². The average molecular weight is 257 g/mol. The summed E-state index contributed by atoms with van der Waals surface area (Å²) in [6.45, 7) is 4.93. The van der Waals surface area contributed by atoms with E-state index in [1.165, 1.54) is 7.11 Å². The fourth-order valence-electron chi connectivity index (χ4n) is 1.91. The molecule has 0 aromatic carbocycles. The standard InChI is InChI=1S/C12H23N3O3/c1-10(9-13)3-4-11(16)14-5-7-15(8-6-14)12(17)18-2/h10H,3-9,13H2,1-2H3. The molecule has 0 bridgehead atoms. The van der Waals surface area contributed by atoms with Crippen LogP contribution in [0.5, 0.6) is 0 Å². The summed E-state index contributed by atoms with van der Waals surface area (Å²) < 4.78 is 4.65. The van der Waals surface area contributed by atoms with Crippen LogP contribution in [0.4, 0.5) is 4.79 Å². The normalized spacial score (nSPS) is 17.5. The minimum absolute atomic E-state index is 0.153. The Labute approximate surface area is 108 Å². The van der Waals surface area contributed by atoms with E-state index < -0.39 is 0 Å². The zero-order valence-electron chi connectivity index (χ0n) is 11.2. The zero-order valence-corrected chi connectivity index (χ0v) is 11.2. The van der Waals surface area contributed by atoms with E-state index in [-0.39, 0.29) is 12.0 Å². The number of methoxy groups -OCH3 is 1. The van der Waals surface area contributed by atoms with Gasteiger partial charge in [-0.3, -0.25) is 4.79 Å². The first-order chi connectivity index (χ1) is 8.58. The second-order valence-electron chi connectivity index (χ2n) is 4.72. The lowest BCUT2D eigenvalue weighted by Crippen LogP contribution is -2.50. The first-order valence-electron chi connectivity index (χ1n) is 6.39. The van der Waals surface area contributed by atoms with Crippen LogP contribution in [0.1, 0.15) is 19.8 Å². The van der Waals surface area contributed by atoms with Crippen LogP contribution in [0.15, 0.2) is 0 Å². The lowest BCUT2D eigenvalue weighted by Gasteiger charge is -2.34. The van der Waals surface area contributed by atoms with Gasteiger partial charge in [0.2, 0.25) is 5.91 Å². The molecule has 1 unspecified atom stereocenters. The summed E-state index contributed by atoms with van der Waals surface area (Å²) in [5, 5.41) is 0. The van der Waals surface area contributed by atoms with Crippen molar-refractivity contribution in [1.82, 2.24) is 9.80 Å². The molecule has 0 saturated carbocycles. The molecule has 1 aliphatic rings. The van der Waals surface area contributed by atoms with Gasteiger partial charge >= 0.3 is 6.09 Å². The van der Waals surface area contributed by atoms with Gasteiger partial charge < -0.3 is 20.3 Å². The van der Waals surface area contributed by atoms with Gasteiger partial charge in [-0.05, 0) is 18.9 Å². The summed E-state index contributed by atoms with van der Waals surface area (Å²) in [5.74, 6) is 0.533. The first kappa shape index (κ1) is 14.8. The largest absolute Gasteiger partial charge is 0.453 e. The highest BCUT2D eigenvalue weighted by Crippen LogP contribution is 2.09. The molecule has 104 valence electrons. The molecule has 6 nitrogen and oxygen atoms in total. The number of rotatable bonds is 4. The Balaban J connectivity index is 2.29. The summed E-state index contributed by atoms with van der Waals surface area (Å²) in [4.78, 5) is 26.6. The van der Waals surface area contributed by atoms with E-state index >= 15 is 0 Å². The molecule has 0 aromatic heterocycles. The highest BCUT2D eigenvalue weighted by Gasteiger charge is 2.24. The smallest absolute Gasteiger partial charge is 0.409 e. The van der Waals surface area contributed by atoms with Crippen molar-refractivity contribution in [3.05, 3.63) is 0 Å². The van der Waals surface area contributed by atoms with Gasteiger partial charge in [0.25, 0.3) is 0 Å². The number of nitrogens with two attached hydrogens (primary N) is 1. The third kappa shape index (κ3) is 4.18. The highest BCUT2D eigenvalue weighted by atomic mass is 16.5. The molecule has 1 saturated heterocycles. The molecule has 0 aromatic rings. The van der Waals surface area contributed by atoms with E-state index in [0.29, 0.717) is 45.1 Å². The van der Waals surface area contributed by atoms with Gasteiger partial charge in [-0.1, -0.05) is 6.92 Å². The molecule has 1 heterocycles. The van der Waals surface area contributed by atoms with Gasteiger partial charge in [-0.25, -0.2) is 4.79 Å². The SMILES string of the molecule is COC(=O)N1CCN(C(=O)CCC(C)CN)CC1. The van der Waals surface area contributed by atoms with Gasteiger partial charge in [-0.2, -0.15) is 0 Å². The van der Waals surface area contributed by atoms with Crippen LogP contribution in [-0.2, 0) is 9.53 Å². The molecule has 0 aliphatic carbocycles. The van der Waals surface area contributed by atoms with Crippen LogP contribution >= 0.6 is 0 Å². The van der Waals surface area contributed by atoms with Crippen LogP contribution in [0.2, 0.25) is 0 Å². The molecule has 6 heteroatoms. The molecule has 1 aliphatic heterocycles. The van der Waals surface area contributed by atoms with Crippen molar-refractivity contribution >= 4 is 12.0 Å². The number of piperazine rings is 1. The molecule has 1 fully saturated rings. The summed E-state index contributed by atoms with van der Waals surface area (Å²) in [6, 6.07) is 0. The molecular formula is C12H23N3O3. The summed E-state index contributed by atoms with van der Waals surface area (Å²) in [6.07, 6.45) is 1.04. The molecule has 0 spiro atoms. The first-order valence-corrected chi connectivity index (χ1v) is 6.39. The van der Waals surface area contributed by atoms with Crippen LogP contribution < -0.4 is 5.73 Å². The molecule has 0 radical (unpaired) electrons. The Morgan fingerprint density at radius 3 is 2.28 bits per heavy atom. The molecular weight excluding hydrogens is 234 g/mol. The van der Waals surface area contributed by atoms with Crippen molar-refractivity contribution < 1.29 is 14.3 Å². The van der Waals surface area contributed by atoms with E-state index in [1.54, 1.807) is 4.90 Å². The number of amides is 2. The fourth-order valence-corrected chi connectivity index (χ4v) is 1.91. The maximum atomic E-state index is 11.9. The number of carbonyl (C=O) groups excluding carboxylic acids is 2. The number of hydrogen-bond acceptors (Lipinski definition) is 4. The Kier molecular flexibility index (Phi) is 5.91. The third-order valence-corrected chi connectivity index (χ3v) is 3.32. The van der Waals surface area contributed by atoms with E-state index in [2.05, 4.69) is 4.74 Å². The van der Waals surface area contributed by atoms with Crippen LogP contribution in [0, 0.1) is 5.92 Å². The second kappa shape index (κ2) is 7.20. The Hall–Kier alpha value is -1.30. The van der Waals surface area contributed by atoms with Crippen LogP contribution in [0.3, 0.4) is 0 Å². The van der Waals surface area contributed by atoms with Gasteiger partial charge in [0.05, 0.1) is 7.11 Å². The van der Waals surface area contributed by atoms with E-state index in [4.69, 9.17) is 5.73 Å². The van der Waals surface area contributed by atoms with Gasteiger partial charge in [0, 0.05) is 32.6 Å². The maximum absolute atomic E-state index is 11.9. The van der Waals surface area contributed by atoms with Crippen molar-refractivity contribution in [2.24, 2.45) is 11.7 Å². The van der Waals surface area contributed by atoms with E-state index in [9.17, 15) is 9.59 Å². The third-order valence-electron chi connectivity index (χ3n) is 3.32. The van der Waals surface area contributed by atoms with Gasteiger partial charge in [-0.15, -0.1) is 0 Å². The van der Waals surface area contributed by atoms with E-state index in [1.807, 2.05) is 11.8 Å². The number of nitrogens with zero attached hydrogens (tertiary/aromatic N) is 2.